The number of nitrogens with zero attached hydrogens (tertiary/aromatic N) is 3. The van der Waals surface area contributed by atoms with Crippen LogP contribution in [0.5, 0.6) is 0 Å². The Bertz CT molecular complexity index is 417. The fourth-order valence-corrected chi connectivity index (χ4v) is 1.80. The summed E-state index contributed by atoms with van der Waals surface area (Å²) in [6.45, 7) is 5.25. The first-order valence-corrected chi connectivity index (χ1v) is 6.71. The lowest BCUT2D eigenvalue weighted by Gasteiger charge is -2.23. The third kappa shape index (κ3) is 6.21. The maximum absolute atomic E-state index is 11.9. The Morgan fingerprint density at radius 2 is 2.20 bits per heavy atom. The smallest absolute Gasteiger partial charge is 0.323 e. The normalized spacial score (nSPS) is 10.6. The Hall–Kier alpha value is -2.05. The van der Waals surface area contributed by atoms with Gasteiger partial charge < -0.3 is 15.3 Å². The largest absolute Gasteiger partial charge is 0.480 e. The summed E-state index contributed by atoms with van der Waals surface area (Å²) >= 11 is 0. The third-order valence-electron chi connectivity index (χ3n) is 2.60. The predicted octanol–water partition coefficient (Wildman–Crippen LogP) is 1.03. The van der Waals surface area contributed by atoms with E-state index in [-0.39, 0.29) is 18.5 Å². The second kappa shape index (κ2) is 8.19. The molecule has 7 nitrogen and oxygen atoms in total. The number of aliphatic carboxylic acids is 1. The number of carbonyl (C=O) groups excluding carboxylic acids is 1. The summed E-state index contributed by atoms with van der Waals surface area (Å²) in [5.41, 5.74) is 0. The minimum absolute atomic E-state index is 0.226. The van der Waals surface area contributed by atoms with Gasteiger partial charge in [-0.1, -0.05) is 13.8 Å². The van der Waals surface area contributed by atoms with Gasteiger partial charge in [0.2, 0.25) is 0 Å². The van der Waals surface area contributed by atoms with E-state index in [1.165, 1.54) is 4.90 Å². The molecular weight excluding hydrogens is 260 g/mol. The quantitative estimate of drug-likeness (QED) is 0.697. The molecule has 112 valence electrons. The summed E-state index contributed by atoms with van der Waals surface area (Å²) in [5, 5.41) is 15.6. The molecule has 0 saturated carbocycles. The lowest BCUT2D eigenvalue weighted by atomic mass is 10.2. The second-order valence-corrected chi connectivity index (χ2v) is 5.02. The monoisotopic (exact) mass is 282 g/mol. The number of hydrogen-bond acceptors (Lipinski definition) is 3. The van der Waals surface area contributed by atoms with E-state index in [0.29, 0.717) is 13.1 Å². The third-order valence-corrected chi connectivity index (χ3v) is 2.60. The molecular formula is C13H22N4O3. The topological polar surface area (TPSA) is 87.5 Å². The SMILES string of the molecule is CC(C)CN(CC(=O)O)C(=O)NCCCn1cccn1. The molecule has 7 heteroatoms. The van der Waals surface area contributed by atoms with E-state index in [1.807, 2.05) is 26.1 Å². The van der Waals surface area contributed by atoms with E-state index < -0.39 is 5.97 Å². The van der Waals surface area contributed by atoms with Gasteiger partial charge in [0, 0.05) is 32.0 Å². The molecule has 0 unspecified atom stereocenters. The van der Waals surface area contributed by atoms with Crippen LogP contribution >= 0.6 is 0 Å². The van der Waals surface area contributed by atoms with Crippen molar-refractivity contribution < 1.29 is 14.7 Å². The van der Waals surface area contributed by atoms with Crippen LogP contribution in [0.25, 0.3) is 0 Å². The molecule has 0 spiro atoms. The van der Waals surface area contributed by atoms with Crippen molar-refractivity contribution in [1.29, 1.82) is 0 Å². The number of rotatable bonds is 8. The summed E-state index contributed by atoms with van der Waals surface area (Å²) in [5.74, 6) is -0.776. The highest BCUT2D eigenvalue weighted by atomic mass is 16.4. The molecule has 0 atom stereocenters. The molecule has 20 heavy (non-hydrogen) atoms. The first-order chi connectivity index (χ1) is 9.49. The highest BCUT2D eigenvalue weighted by molar-refractivity contribution is 5.80. The van der Waals surface area contributed by atoms with Crippen LogP contribution in [0.1, 0.15) is 20.3 Å². The zero-order valence-corrected chi connectivity index (χ0v) is 12.0. The van der Waals surface area contributed by atoms with Crippen molar-refractivity contribution in [2.45, 2.75) is 26.8 Å². The Morgan fingerprint density at radius 1 is 1.45 bits per heavy atom. The molecule has 0 radical (unpaired) electrons. The van der Waals surface area contributed by atoms with E-state index in [4.69, 9.17) is 5.11 Å². The molecule has 2 amide bonds. The van der Waals surface area contributed by atoms with Gasteiger partial charge in [-0.2, -0.15) is 5.10 Å². The van der Waals surface area contributed by atoms with Crippen LogP contribution in [0.2, 0.25) is 0 Å². The molecule has 1 aromatic heterocycles. The van der Waals surface area contributed by atoms with Crippen LogP contribution in [0.15, 0.2) is 18.5 Å². The van der Waals surface area contributed by atoms with Gasteiger partial charge in [-0.05, 0) is 18.4 Å². The molecule has 0 aliphatic heterocycles. The van der Waals surface area contributed by atoms with Gasteiger partial charge in [0.15, 0.2) is 0 Å². The minimum atomic E-state index is -1.00. The van der Waals surface area contributed by atoms with Crippen molar-refractivity contribution >= 4 is 12.0 Å². The van der Waals surface area contributed by atoms with Gasteiger partial charge in [-0.3, -0.25) is 9.48 Å². The molecule has 0 aromatic carbocycles. The van der Waals surface area contributed by atoms with E-state index in [2.05, 4.69) is 10.4 Å². The molecule has 0 saturated heterocycles. The van der Waals surface area contributed by atoms with Gasteiger partial charge in [0.05, 0.1) is 0 Å². The van der Waals surface area contributed by atoms with Gasteiger partial charge in [-0.15, -0.1) is 0 Å². The van der Waals surface area contributed by atoms with Crippen molar-refractivity contribution in [2.24, 2.45) is 5.92 Å². The number of amides is 2. The average Bonchev–Trinajstić information content (AvgIpc) is 2.85. The fourth-order valence-electron chi connectivity index (χ4n) is 1.80. The van der Waals surface area contributed by atoms with Crippen molar-refractivity contribution in [3.05, 3.63) is 18.5 Å². The zero-order valence-electron chi connectivity index (χ0n) is 12.0. The standard InChI is InChI=1S/C13H22N4O3/c1-11(2)9-16(10-12(18)19)13(20)14-5-3-7-17-8-4-6-15-17/h4,6,8,11H,3,5,7,9-10H2,1-2H3,(H,14,20)(H,18,19). The van der Waals surface area contributed by atoms with Crippen LogP contribution < -0.4 is 5.32 Å². The van der Waals surface area contributed by atoms with Crippen LogP contribution in [0.3, 0.4) is 0 Å². The Labute approximate surface area is 118 Å². The lowest BCUT2D eigenvalue weighted by Crippen LogP contribution is -2.44. The summed E-state index contributed by atoms with van der Waals surface area (Å²) in [6, 6.07) is 1.51. The van der Waals surface area contributed by atoms with Crippen LogP contribution in [0.4, 0.5) is 4.79 Å². The van der Waals surface area contributed by atoms with Crippen LogP contribution in [0, 0.1) is 5.92 Å². The summed E-state index contributed by atoms with van der Waals surface area (Å²) < 4.78 is 1.79. The molecule has 0 fully saturated rings. The number of nitrogens with one attached hydrogen (secondary N) is 1. The van der Waals surface area contributed by atoms with Gasteiger partial charge in [-0.25, -0.2) is 4.79 Å². The Morgan fingerprint density at radius 3 is 2.75 bits per heavy atom. The number of carbonyl (C=O) groups is 2. The van der Waals surface area contributed by atoms with Gasteiger partial charge in [0.1, 0.15) is 6.54 Å². The molecule has 0 aliphatic carbocycles. The maximum atomic E-state index is 11.9. The molecule has 0 bridgehead atoms. The first kappa shape index (κ1) is 16.0. The summed E-state index contributed by atoms with van der Waals surface area (Å²) in [7, 11) is 0. The number of carboxylic acids is 1. The Kier molecular flexibility index (Phi) is 6.55. The molecule has 1 heterocycles. The van der Waals surface area contributed by atoms with Crippen molar-refractivity contribution in [2.75, 3.05) is 19.6 Å². The summed E-state index contributed by atoms with van der Waals surface area (Å²) in [6.07, 6.45) is 4.31. The highest BCUT2D eigenvalue weighted by Crippen LogP contribution is 1.99. The van der Waals surface area contributed by atoms with E-state index >= 15 is 0 Å². The number of carboxylic acid groups (broad SMARTS) is 1. The average molecular weight is 282 g/mol. The van der Waals surface area contributed by atoms with Gasteiger partial charge in [0.25, 0.3) is 0 Å². The molecule has 1 aromatic rings. The summed E-state index contributed by atoms with van der Waals surface area (Å²) in [4.78, 5) is 24.0. The van der Waals surface area contributed by atoms with E-state index in [1.54, 1.807) is 10.9 Å². The highest BCUT2D eigenvalue weighted by Gasteiger charge is 2.17. The maximum Gasteiger partial charge on any atom is 0.323 e. The van der Waals surface area contributed by atoms with Crippen LogP contribution in [-0.2, 0) is 11.3 Å². The second-order valence-electron chi connectivity index (χ2n) is 5.02. The van der Waals surface area contributed by atoms with Crippen molar-refractivity contribution in [3.8, 4) is 0 Å². The zero-order chi connectivity index (χ0) is 15.0. The first-order valence-electron chi connectivity index (χ1n) is 6.71. The van der Waals surface area contributed by atoms with E-state index in [9.17, 15) is 9.59 Å². The molecule has 2 N–H and O–H groups in total. The number of aromatic nitrogens is 2. The predicted molar refractivity (Wildman–Crippen MR) is 74.3 cm³/mol. The lowest BCUT2D eigenvalue weighted by molar-refractivity contribution is -0.137. The van der Waals surface area contributed by atoms with Crippen molar-refractivity contribution in [1.82, 2.24) is 20.0 Å². The van der Waals surface area contributed by atoms with Gasteiger partial charge >= 0.3 is 12.0 Å². The number of urea groups is 1. The number of hydrogen-bond donors (Lipinski definition) is 2. The van der Waals surface area contributed by atoms with E-state index in [0.717, 1.165) is 13.0 Å². The number of aryl methyl sites for hydroxylation is 1. The molecule has 1 rings (SSSR count). The molecule has 0 aliphatic rings. The fraction of sp³-hybridized carbons (Fsp3) is 0.615. The minimum Gasteiger partial charge on any atom is -0.480 e. The van der Waals surface area contributed by atoms with Crippen molar-refractivity contribution in [3.63, 3.8) is 0 Å². The Balaban J connectivity index is 2.31. The van der Waals surface area contributed by atoms with Crippen LogP contribution in [-0.4, -0.2) is 51.4 Å².